The lowest BCUT2D eigenvalue weighted by Crippen LogP contribution is -2.26. The van der Waals surface area contributed by atoms with Crippen LogP contribution in [0.15, 0.2) is 58.3 Å². The van der Waals surface area contributed by atoms with Gasteiger partial charge in [-0.2, -0.15) is 0 Å². The summed E-state index contributed by atoms with van der Waals surface area (Å²) in [7, 11) is -4.51. The van der Waals surface area contributed by atoms with Crippen LogP contribution in [-0.4, -0.2) is 47.7 Å². The van der Waals surface area contributed by atoms with Crippen molar-refractivity contribution in [2.24, 2.45) is 5.14 Å². The minimum absolute atomic E-state index is 0.0224. The molecule has 8 nitrogen and oxygen atoms in total. The van der Waals surface area contributed by atoms with Gasteiger partial charge in [0.15, 0.2) is 0 Å². The molecule has 0 aromatic heterocycles. The molecule has 0 unspecified atom stereocenters. The zero-order chi connectivity index (χ0) is 20.2. The molecule has 0 atom stereocenters. The summed E-state index contributed by atoms with van der Waals surface area (Å²) in [6.45, 7) is 0.304. The number of nitrogens with two attached hydrogens (primary N) is 1. The second kappa shape index (κ2) is 8.17. The summed E-state index contributed by atoms with van der Waals surface area (Å²) in [4.78, 5) is 12.3. The van der Waals surface area contributed by atoms with Crippen molar-refractivity contribution in [1.82, 2.24) is 9.62 Å². The van der Waals surface area contributed by atoms with E-state index in [9.17, 15) is 21.6 Å². The number of carbonyl (C=O) groups excluding carboxylic acids is 1. The van der Waals surface area contributed by atoms with E-state index in [0.29, 0.717) is 13.0 Å². The highest BCUT2D eigenvalue weighted by molar-refractivity contribution is 7.89. The molecule has 0 saturated heterocycles. The molecule has 27 heavy (non-hydrogen) atoms. The molecule has 0 aliphatic carbocycles. The topological polar surface area (TPSA) is 127 Å². The normalized spacial score (nSPS) is 12.1. The fraction of sp³-hybridized carbons (Fsp3) is 0.235. The van der Waals surface area contributed by atoms with Crippen molar-refractivity contribution in [2.75, 3.05) is 20.6 Å². The van der Waals surface area contributed by atoms with Crippen molar-refractivity contribution < 1.29 is 21.6 Å². The maximum atomic E-state index is 12.3. The van der Waals surface area contributed by atoms with Crippen LogP contribution >= 0.6 is 0 Å². The number of hydrogen-bond acceptors (Lipinski definition) is 5. The number of amides is 1. The predicted molar refractivity (Wildman–Crippen MR) is 101 cm³/mol. The Morgan fingerprint density at radius 1 is 1.00 bits per heavy atom. The van der Waals surface area contributed by atoms with Gasteiger partial charge in [-0.05, 0) is 42.3 Å². The molecule has 1 amide bonds. The Kier molecular flexibility index (Phi) is 6.37. The Morgan fingerprint density at radius 2 is 1.63 bits per heavy atom. The van der Waals surface area contributed by atoms with Gasteiger partial charge in [-0.25, -0.2) is 26.3 Å². The smallest absolute Gasteiger partial charge is 0.251 e. The molecule has 0 radical (unpaired) electrons. The van der Waals surface area contributed by atoms with Crippen LogP contribution in [0.3, 0.4) is 0 Å². The number of carbonyl (C=O) groups is 1. The fourth-order valence-electron chi connectivity index (χ4n) is 2.28. The summed E-state index contributed by atoms with van der Waals surface area (Å²) in [5, 5.41) is 7.75. The third-order valence-corrected chi connectivity index (χ3v) is 6.57. The number of nitrogens with zero attached hydrogens (tertiary/aromatic N) is 1. The summed E-state index contributed by atoms with van der Waals surface area (Å²) in [5.74, 6) is -0.396. The molecular weight excluding hydrogens is 390 g/mol. The molecule has 0 saturated carbocycles. The van der Waals surface area contributed by atoms with Crippen LogP contribution in [0.2, 0.25) is 0 Å². The van der Waals surface area contributed by atoms with Crippen molar-refractivity contribution >= 4 is 26.0 Å². The average Bonchev–Trinajstić information content (AvgIpc) is 2.61. The Bertz CT molecular complexity index is 1030. The van der Waals surface area contributed by atoms with Gasteiger partial charge in [-0.15, -0.1) is 0 Å². The maximum absolute atomic E-state index is 12.3. The minimum Gasteiger partial charge on any atom is -0.352 e. The second-order valence-electron chi connectivity index (χ2n) is 6.01. The van der Waals surface area contributed by atoms with Gasteiger partial charge >= 0.3 is 0 Å². The van der Waals surface area contributed by atoms with Crippen molar-refractivity contribution in [3.05, 3.63) is 59.7 Å². The molecule has 0 aliphatic heterocycles. The minimum atomic E-state index is -3.73. The Labute approximate surface area is 159 Å². The van der Waals surface area contributed by atoms with Crippen LogP contribution in [0, 0.1) is 0 Å². The zero-order valence-corrected chi connectivity index (χ0v) is 16.5. The van der Waals surface area contributed by atoms with Crippen molar-refractivity contribution in [1.29, 1.82) is 0 Å². The maximum Gasteiger partial charge on any atom is 0.251 e. The SMILES string of the molecule is CN(C)S(=O)(=O)c1cccc(C(=O)NCCc2ccc(S(N)(=O)=O)cc2)c1. The number of rotatable bonds is 7. The Morgan fingerprint density at radius 3 is 2.19 bits per heavy atom. The van der Waals surface area contributed by atoms with Gasteiger partial charge in [-0.1, -0.05) is 18.2 Å². The van der Waals surface area contributed by atoms with E-state index in [2.05, 4.69) is 5.32 Å². The second-order valence-corrected chi connectivity index (χ2v) is 9.72. The highest BCUT2D eigenvalue weighted by atomic mass is 32.2. The third kappa shape index (κ3) is 5.36. The first-order valence-corrected chi connectivity index (χ1v) is 10.9. The van der Waals surface area contributed by atoms with E-state index in [4.69, 9.17) is 5.14 Å². The first kappa shape index (κ1) is 21.0. The summed E-state index contributed by atoms with van der Waals surface area (Å²) < 4.78 is 47.8. The lowest BCUT2D eigenvalue weighted by molar-refractivity contribution is 0.0954. The van der Waals surface area contributed by atoms with Crippen LogP contribution in [-0.2, 0) is 26.5 Å². The molecule has 0 fully saturated rings. The molecule has 0 heterocycles. The standard InChI is InChI=1S/C17H21N3O5S2/c1-20(2)27(24,25)16-5-3-4-14(12-16)17(21)19-11-10-13-6-8-15(9-7-13)26(18,22)23/h3-9,12H,10-11H2,1-2H3,(H,19,21)(H2,18,22,23). The lowest BCUT2D eigenvalue weighted by Gasteiger charge is -2.12. The monoisotopic (exact) mass is 411 g/mol. The molecule has 0 aliphatic rings. The molecule has 3 N–H and O–H groups in total. The van der Waals surface area contributed by atoms with E-state index in [1.54, 1.807) is 12.1 Å². The summed E-state index contributed by atoms with van der Waals surface area (Å²) in [5.41, 5.74) is 1.06. The molecule has 2 rings (SSSR count). The van der Waals surface area contributed by atoms with Gasteiger partial charge in [0.2, 0.25) is 20.0 Å². The number of sulfonamides is 2. The van der Waals surface area contributed by atoms with Crippen molar-refractivity contribution in [3.8, 4) is 0 Å². The Hall–Kier alpha value is -2.27. The van der Waals surface area contributed by atoms with E-state index in [-0.39, 0.29) is 15.4 Å². The van der Waals surface area contributed by atoms with E-state index in [0.717, 1.165) is 9.87 Å². The number of benzene rings is 2. The van der Waals surface area contributed by atoms with Gasteiger partial charge in [0.1, 0.15) is 0 Å². The molecule has 146 valence electrons. The molecule has 0 bridgehead atoms. The number of hydrogen-bond donors (Lipinski definition) is 2. The first-order valence-electron chi connectivity index (χ1n) is 7.94. The van der Waals surface area contributed by atoms with Gasteiger partial charge in [0.05, 0.1) is 9.79 Å². The number of primary sulfonamides is 1. The highest BCUT2D eigenvalue weighted by Gasteiger charge is 2.18. The summed E-state index contributed by atoms with van der Waals surface area (Å²) >= 11 is 0. The average molecular weight is 412 g/mol. The van der Waals surface area contributed by atoms with Crippen LogP contribution in [0.25, 0.3) is 0 Å². The molecule has 2 aromatic carbocycles. The van der Waals surface area contributed by atoms with E-state index in [1.807, 2.05) is 0 Å². The Balaban J connectivity index is 2.00. The lowest BCUT2D eigenvalue weighted by atomic mass is 10.1. The van der Waals surface area contributed by atoms with Gasteiger partial charge in [0.25, 0.3) is 5.91 Å². The van der Waals surface area contributed by atoms with Gasteiger partial charge in [-0.3, -0.25) is 4.79 Å². The van der Waals surface area contributed by atoms with Crippen LogP contribution < -0.4 is 10.5 Å². The molecular formula is C17H21N3O5S2. The van der Waals surface area contributed by atoms with Crippen LogP contribution in [0.1, 0.15) is 15.9 Å². The van der Waals surface area contributed by atoms with Crippen LogP contribution in [0.5, 0.6) is 0 Å². The number of nitrogens with one attached hydrogen (secondary N) is 1. The van der Waals surface area contributed by atoms with Crippen molar-refractivity contribution in [3.63, 3.8) is 0 Å². The largest absolute Gasteiger partial charge is 0.352 e. The van der Waals surface area contributed by atoms with E-state index in [1.165, 1.54) is 50.5 Å². The predicted octanol–water partition coefficient (Wildman–Crippen LogP) is 0.557. The summed E-state index contributed by atoms with van der Waals surface area (Å²) in [6, 6.07) is 11.9. The van der Waals surface area contributed by atoms with Gasteiger partial charge in [0, 0.05) is 26.2 Å². The molecule has 2 aromatic rings. The highest BCUT2D eigenvalue weighted by Crippen LogP contribution is 2.15. The molecule has 10 heteroatoms. The van der Waals surface area contributed by atoms with Crippen LogP contribution in [0.4, 0.5) is 0 Å². The third-order valence-electron chi connectivity index (χ3n) is 3.83. The summed E-state index contributed by atoms with van der Waals surface area (Å²) in [6.07, 6.45) is 0.478. The quantitative estimate of drug-likeness (QED) is 0.688. The van der Waals surface area contributed by atoms with E-state index < -0.39 is 26.0 Å². The first-order chi connectivity index (χ1) is 12.5. The zero-order valence-electron chi connectivity index (χ0n) is 14.9. The van der Waals surface area contributed by atoms with Gasteiger partial charge < -0.3 is 5.32 Å². The molecule has 0 spiro atoms. The fourth-order valence-corrected chi connectivity index (χ4v) is 3.74. The van der Waals surface area contributed by atoms with Crippen molar-refractivity contribution in [2.45, 2.75) is 16.2 Å². The van der Waals surface area contributed by atoms with E-state index >= 15 is 0 Å².